The number of nitrogens with one attached hydrogen (secondary N) is 1. The zero-order valence-electron chi connectivity index (χ0n) is 7.27. The third-order valence-electron chi connectivity index (χ3n) is 1.46. The van der Waals surface area contributed by atoms with Gasteiger partial charge in [0.15, 0.2) is 0 Å². The first-order valence-corrected chi connectivity index (χ1v) is 3.80. The molecule has 0 aliphatic rings. The fraction of sp³-hybridized carbons (Fsp3) is 0.250. The van der Waals surface area contributed by atoms with Gasteiger partial charge in [0.2, 0.25) is 0 Å². The van der Waals surface area contributed by atoms with Gasteiger partial charge in [0.25, 0.3) is 0 Å². The molecule has 0 fully saturated rings. The Morgan fingerprint density at radius 2 is 2.46 bits per heavy atom. The van der Waals surface area contributed by atoms with E-state index < -0.39 is 5.97 Å². The molecule has 0 bridgehead atoms. The summed E-state index contributed by atoms with van der Waals surface area (Å²) in [4.78, 5) is 14.3. The fourth-order valence-electron chi connectivity index (χ4n) is 0.819. The molecule has 0 unspecified atom stereocenters. The van der Waals surface area contributed by atoms with Gasteiger partial charge in [-0.1, -0.05) is 6.07 Å². The Bertz CT molecular complexity index is 276. The van der Waals surface area contributed by atoms with Gasteiger partial charge < -0.3 is 5.11 Å². The topological polar surface area (TPSA) is 65.5 Å². The quantitative estimate of drug-likeness (QED) is 0.645. The summed E-state index contributed by atoms with van der Waals surface area (Å²) < 4.78 is 0. The molecule has 5 nitrogen and oxygen atoms in total. The van der Waals surface area contributed by atoms with E-state index in [0.717, 1.165) is 0 Å². The second kappa shape index (κ2) is 4.42. The number of carboxylic acid groups (broad SMARTS) is 1. The first-order valence-electron chi connectivity index (χ1n) is 3.80. The van der Waals surface area contributed by atoms with Gasteiger partial charge in [-0.15, -0.1) is 0 Å². The lowest BCUT2D eigenvalue weighted by Gasteiger charge is -2.17. The molecule has 0 spiro atoms. The van der Waals surface area contributed by atoms with E-state index in [-0.39, 0.29) is 6.54 Å². The molecule has 0 saturated carbocycles. The number of hydrazine groups is 1. The number of carbonyl (C=O) groups is 1. The molecule has 0 aliphatic carbocycles. The fourth-order valence-corrected chi connectivity index (χ4v) is 0.819. The van der Waals surface area contributed by atoms with Crippen molar-refractivity contribution in [3.63, 3.8) is 0 Å². The summed E-state index contributed by atoms with van der Waals surface area (Å²) in [5, 5.41) is 9.96. The van der Waals surface area contributed by atoms with Crippen LogP contribution < -0.4 is 10.4 Å². The minimum absolute atomic E-state index is 0.118. The first-order chi connectivity index (χ1) is 6.20. The van der Waals surface area contributed by atoms with Crippen molar-refractivity contribution in [1.82, 2.24) is 10.4 Å². The van der Waals surface area contributed by atoms with Crippen LogP contribution in [-0.2, 0) is 4.79 Å². The van der Waals surface area contributed by atoms with E-state index >= 15 is 0 Å². The SMILES string of the molecule is CN(NCC(=O)O)c1ccccn1. The molecule has 70 valence electrons. The Balaban J connectivity index is 2.49. The molecule has 5 heteroatoms. The van der Waals surface area contributed by atoms with E-state index in [1.165, 1.54) is 0 Å². The molecule has 0 aromatic carbocycles. The standard InChI is InChI=1S/C8H11N3O2/c1-11(10-6-8(12)13)7-4-2-3-5-9-7/h2-5,10H,6H2,1H3,(H,12,13). The highest BCUT2D eigenvalue weighted by molar-refractivity contribution is 5.69. The van der Waals surface area contributed by atoms with Crippen molar-refractivity contribution in [2.24, 2.45) is 0 Å². The smallest absolute Gasteiger partial charge is 0.319 e. The molecule has 0 aliphatic heterocycles. The van der Waals surface area contributed by atoms with Crippen LogP contribution in [0.3, 0.4) is 0 Å². The molecule has 1 rings (SSSR count). The number of hydrogen-bond donors (Lipinski definition) is 2. The van der Waals surface area contributed by atoms with Crippen LogP contribution in [0.5, 0.6) is 0 Å². The highest BCUT2D eigenvalue weighted by atomic mass is 16.4. The lowest BCUT2D eigenvalue weighted by atomic mass is 10.5. The second-order valence-electron chi connectivity index (χ2n) is 2.48. The van der Waals surface area contributed by atoms with Crippen LogP contribution in [-0.4, -0.2) is 29.7 Å². The molecule has 1 aromatic rings. The zero-order valence-corrected chi connectivity index (χ0v) is 7.27. The maximum atomic E-state index is 10.2. The summed E-state index contributed by atoms with van der Waals surface area (Å²) in [5.41, 5.74) is 2.67. The van der Waals surface area contributed by atoms with Gasteiger partial charge in [-0.3, -0.25) is 9.80 Å². The van der Waals surface area contributed by atoms with E-state index in [1.807, 2.05) is 6.07 Å². The Morgan fingerprint density at radius 1 is 1.69 bits per heavy atom. The van der Waals surface area contributed by atoms with Crippen molar-refractivity contribution in [2.75, 3.05) is 18.6 Å². The molecule has 1 heterocycles. The van der Waals surface area contributed by atoms with Gasteiger partial charge in [0.1, 0.15) is 12.4 Å². The van der Waals surface area contributed by atoms with Crippen molar-refractivity contribution in [2.45, 2.75) is 0 Å². The van der Waals surface area contributed by atoms with Gasteiger partial charge in [-0.05, 0) is 12.1 Å². The van der Waals surface area contributed by atoms with Crippen molar-refractivity contribution in [3.05, 3.63) is 24.4 Å². The van der Waals surface area contributed by atoms with Gasteiger partial charge in [0.05, 0.1) is 0 Å². The Labute approximate surface area is 76.0 Å². The summed E-state index contributed by atoms with van der Waals surface area (Å²) in [6.07, 6.45) is 1.65. The summed E-state index contributed by atoms with van der Waals surface area (Å²) in [7, 11) is 1.71. The maximum Gasteiger partial charge on any atom is 0.319 e. The number of rotatable bonds is 4. The van der Waals surface area contributed by atoms with Crippen LogP contribution in [0.2, 0.25) is 0 Å². The van der Waals surface area contributed by atoms with Crippen molar-refractivity contribution >= 4 is 11.8 Å². The molecule has 2 N–H and O–H groups in total. The monoisotopic (exact) mass is 181 g/mol. The maximum absolute atomic E-state index is 10.2. The normalized spacial score (nSPS) is 9.62. The second-order valence-corrected chi connectivity index (χ2v) is 2.48. The summed E-state index contributed by atoms with van der Waals surface area (Å²) >= 11 is 0. The minimum Gasteiger partial charge on any atom is -0.480 e. The van der Waals surface area contributed by atoms with Crippen LogP contribution in [0.15, 0.2) is 24.4 Å². The predicted molar refractivity (Wildman–Crippen MR) is 48.3 cm³/mol. The highest BCUT2D eigenvalue weighted by Crippen LogP contribution is 2.02. The lowest BCUT2D eigenvalue weighted by Crippen LogP contribution is -2.38. The summed E-state index contributed by atoms with van der Waals surface area (Å²) in [6, 6.07) is 5.42. The van der Waals surface area contributed by atoms with E-state index in [2.05, 4.69) is 10.4 Å². The number of aliphatic carboxylic acids is 1. The van der Waals surface area contributed by atoms with Gasteiger partial charge in [-0.25, -0.2) is 10.4 Å². The number of aromatic nitrogens is 1. The third kappa shape index (κ3) is 3.08. The Kier molecular flexibility index (Phi) is 3.22. The van der Waals surface area contributed by atoms with Crippen LogP contribution in [0, 0.1) is 0 Å². The summed E-state index contributed by atoms with van der Waals surface area (Å²) in [6.45, 7) is -0.118. The van der Waals surface area contributed by atoms with E-state index in [1.54, 1.807) is 30.4 Å². The Hall–Kier alpha value is -1.62. The molecule has 0 atom stereocenters. The number of pyridine rings is 1. The number of anilines is 1. The summed E-state index contributed by atoms with van der Waals surface area (Å²) in [5.74, 6) is -0.216. The van der Waals surface area contributed by atoms with Gasteiger partial charge in [0, 0.05) is 13.2 Å². The van der Waals surface area contributed by atoms with Crippen LogP contribution >= 0.6 is 0 Å². The van der Waals surface area contributed by atoms with Crippen molar-refractivity contribution < 1.29 is 9.90 Å². The molecule has 13 heavy (non-hydrogen) atoms. The molecule has 0 amide bonds. The number of nitrogens with zero attached hydrogens (tertiary/aromatic N) is 2. The molecule has 1 aromatic heterocycles. The van der Waals surface area contributed by atoms with Crippen LogP contribution in [0.4, 0.5) is 5.82 Å². The van der Waals surface area contributed by atoms with E-state index in [4.69, 9.17) is 5.11 Å². The molecular formula is C8H11N3O2. The third-order valence-corrected chi connectivity index (χ3v) is 1.46. The predicted octanol–water partition coefficient (Wildman–Crippen LogP) is 0.107. The molecule has 0 saturated heterocycles. The average Bonchev–Trinajstić information content (AvgIpc) is 2.15. The van der Waals surface area contributed by atoms with E-state index in [9.17, 15) is 4.79 Å². The van der Waals surface area contributed by atoms with Crippen LogP contribution in [0.25, 0.3) is 0 Å². The van der Waals surface area contributed by atoms with Gasteiger partial charge in [-0.2, -0.15) is 0 Å². The first kappa shape index (κ1) is 9.47. The molecule has 0 radical (unpaired) electrons. The number of hydrogen-bond acceptors (Lipinski definition) is 4. The largest absolute Gasteiger partial charge is 0.480 e. The highest BCUT2D eigenvalue weighted by Gasteiger charge is 2.01. The minimum atomic E-state index is -0.900. The van der Waals surface area contributed by atoms with Crippen molar-refractivity contribution in [3.8, 4) is 0 Å². The van der Waals surface area contributed by atoms with Crippen molar-refractivity contribution in [1.29, 1.82) is 0 Å². The zero-order chi connectivity index (χ0) is 9.68. The Morgan fingerprint density at radius 3 is 3.00 bits per heavy atom. The van der Waals surface area contributed by atoms with Gasteiger partial charge >= 0.3 is 5.97 Å². The lowest BCUT2D eigenvalue weighted by molar-refractivity contribution is -0.135. The molecular weight excluding hydrogens is 170 g/mol. The number of carboxylic acids is 1. The average molecular weight is 181 g/mol. The van der Waals surface area contributed by atoms with Crippen LogP contribution in [0.1, 0.15) is 0 Å². The van der Waals surface area contributed by atoms with E-state index in [0.29, 0.717) is 5.82 Å².